The fraction of sp³-hybridized carbons (Fsp3) is 0.444. The number of imidazole rings is 1. The number of aryl methyl sites for hydroxylation is 2. The van der Waals surface area contributed by atoms with Crippen LogP contribution >= 0.6 is 0 Å². The average molecular weight is 353 g/mol. The van der Waals surface area contributed by atoms with E-state index in [0.29, 0.717) is 0 Å². The highest BCUT2D eigenvalue weighted by Gasteiger charge is 2.29. The smallest absolute Gasteiger partial charge is 0.225 e. The highest BCUT2D eigenvalue weighted by atomic mass is 16.3. The van der Waals surface area contributed by atoms with Crippen molar-refractivity contribution < 1.29 is 5.11 Å². The summed E-state index contributed by atoms with van der Waals surface area (Å²) in [5.74, 6) is 1.67. The van der Waals surface area contributed by atoms with Crippen molar-refractivity contribution in [3.8, 4) is 11.3 Å². The first-order valence-electron chi connectivity index (χ1n) is 8.84. The van der Waals surface area contributed by atoms with Crippen LogP contribution in [0.5, 0.6) is 0 Å². The van der Waals surface area contributed by atoms with Gasteiger partial charge in [0, 0.05) is 57.5 Å². The molecule has 8 heteroatoms. The van der Waals surface area contributed by atoms with Gasteiger partial charge >= 0.3 is 0 Å². The number of anilines is 1. The third kappa shape index (κ3) is 3.20. The highest BCUT2D eigenvalue weighted by molar-refractivity contribution is 5.58. The zero-order valence-electron chi connectivity index (χ0n) is 15.0. The molecule has 1 N–H and O–H groups in total. The zero-order chi connectivity index (χ0) is 18.1. The fourth-order valence-corrected chi connectivity index (χ4v) is 3.50. The molecule has 26 heavy (non-hydrogen) atoms. The maximum atomic E-state index is 10.6. The number of hydrogen-bond acceptors (Lipinski definition) is 6. The molecule has 0 radical (unpaired) electrons. The Labute approximate surface area is 152 Å². The van der Waals surface area contributed by atoms with Gasteiger partial charge in [0.25, 0.3) is 0 Å². The fourth-order valence-electron chi connectivity index (χ4n) is 3.50. The van der Waals surface area contributed by atoms with E-state index in [1.807, 2.05) is 43.3 Å². The lowest BCUT2D eigenvalue weighted by Gasteiger charge is -2.34. The summed E-state index contributed by atoms with van der Waals surface area (Å²) >= 11 is 0. The van der Waals surface area contributed by atoms with Crippen LogP contribution in [0, 0.1) is 5.92 Å². The van der Waals surface area contributed by atoms with E-state index >= 15 is 0 Å². The molecule has 4 rings (SSSR count). The topological polar surface area (TPSA) is 84.9 Å². The first-order chi connectivity index (χ1) is 12.6. The SMILES string of the molecule is Cn1cc(-c2ccnc(N3CCC([C@@H](O)c4nccn4C)CC3)n2)cn1. The second-order valence-electron chi connectivity index (χ2n) is 6.81. The lowest BCUT2D eigenvalue weighted by Crippen LogP contribution is -2.37. The van der Waals surface area contributed by atoms with E-state index in [-0.39, 0.29) is 5.92 Å². The normalized spacial score (nSPS) is 16.8. The van der Waals surface area contributed by atoms with Gasteiger partial charge in [0.05, 0.1) is 11.9 Å². The molecule has 136 valence electrons. The third-order valence-electron chi connectivity index (χ3n) is 5.04. The molecule has 1 fully saturated rings. The van der Waals surface area contributed by atoms with Gasteiger partial charge in [0.2, 0.25) is 5.95 Å². The first kappa shape index (κ1) is 16.7. The molecular formula is C18H23N7O. The van der Waals surface area contributed by atoms with Crippen LogP contribution in [0.15, 0.2) is 37.1 Å². The number of aliphatic hydroxyl groups excluding tert-OH is 1. The Morgan fingerprint density at radius 3 is 2.62 bits per heavy atom. The molecule has 0 aromatic carbocycles. The molecule has 3 aromatic rings. The van der Waals surface area contributed by atoms with E-state index in [1.165, 1.54) is 0 Å². The van der Waals surface area contributed by atoms with E-state index in [1.54, 1.807) is 17.1 Å². The molecular weight excluding hydrogens is 330 g/mol. The molecule has 1 aliphatic rings. The van der Waals surface area contributed by atoms with Crippen molar-refractivity contribution in [1.82, 2.24) is 29.3 Å². The molecule has 0 amide bonds. The third-order valence-corrected chi connectivity index (χ3v) is 5.04. The van der Waals surface area contributed by atoms with Crippen LogP contribution in [0.2, 0.25) is 0 Å². The Kier molecular flexibility index (Phi) is 4.42. The summed E-state index contributed by atoms with van der Waals surface area (Å²) < 4.78 is 3.65. The molecule has 8 nitrogen and oxygen atoms in total. The summed E-state index contributed by atoms with van der Waals surface area (Å²) in [6.45, 7) is 1.64. The summed E-state index contributed by atoms with van der Waals surface area (Å²) in [5, 5.41) is 14.8. The predicted molar refractivity (Wildman–Crippen MR) is 97.3 cm³/mol. The quantitative estimate of drug-likeness (QED) is 0.766. The van der Waals surface area contributed by atoms with Gasteiger partial charge in [-0.05, 0) is 24.8 Å². The maximum Gasteiger partial charge on any atom is 0.225 e. The summed E-state index contributed by atoms with van der Waals surface area (Å²) in [6, 6.07) is 1.90. The summed E-state index contributed by atoms with van der Waals surface area (Å²) in [6.07, 6.45) is 10.4. The van der Waals surface area contributed by atoms with Crippen molar-refractivity contribution in [2.75, 3.05) is 18.0 Å². The lowest BCUT2D eigenvalue weighted by atomic mass is 9.91. The zero-order valence-corrected chi connectivity index (χ0v) is 15.0. The molecule has 0 saturated carbocycles. The van der Waals surface area contributed by atoms with Crippen molar-refractivity contribution in [3.05, 3.63) is 42.9 Å². The Bertz CT molecular complexity index is 879. The maximum absolute atomic E-state index is 10.6. The molecule has 0 bridgehead atoms. The van der Waals surface area contributed by atoms with E-state index < -0.39 is 6.10 Å². The van der Waals surface area contributed by atoms with Crippen LogP contribution in [-0.2, 0) is 14.1 Å². The van der Waals surface area contributed by atoms with Crippen molar-refractivity contribution in [2.45, 2.75) is 18.9 Å². The molecule has 1 aliphatic heterocycles. The van der Waals surface area contributed by atoms with Gasteiger partial charge in [-0.1, -0.05) is 0 Å². The van der Waals surface area contributed by atoms with E-state index in [0.717, 1.165) is 49.0 Å². The van der Waals surface area contributed by atoms with Crippen molar-refractivity contribution in [2.24, 2.45) is 20.0 Å². The van der Waals surface area contributed by atoms with Crippen LogP contribution < -0.4 is 4.90 Å². The largest absolute Gasteiger partial charge is 0.385 e. The van der Waals surface area contributed by atoms with Gasteiger partial charge in [-0.2, -0.15) is 5.10 Å². The summed E-state index contributed by atoms with van der Waals surface area (Å²) in [5.41, 5.74) is 1.86. The highest BCUT2D eigenvalue weighted by Crippen LogP contribution is 2.31. The Balaban J connectivity index is 1.44. The van der Waals surface area contributed by atoms with Crippen molar-refractivity contribution in [1.29, 1.82) is 0 Å². The average Bonchev–Trinajstić information content (AvgIpc) is 3.30. The Hall–Kier alpha value is -2.74. The Morgan fingerprint density at radius 1 is 1.15 bits per heavy atom. The van der Waals surface area contributed by atoms with Crippen LogP contribution in [-0.4, -0.2) is 47.5 Å². The number of nitrogens with zero attached hydrogens (tertiary/aromatic N) is 7. The first-order valence-corrected chi connectivity index (χ1v) is 8.84. The summed E-state index contributed by atoms with van der Waals surface area (Å²) in [4.78, 5) is 15.6. The number of rotatable bonds is 4. The monoisotopic (exact) mass is 353 g/mol. The van der Waals surface area contributed by atoms with Gasteiger partial charge in [-0.15, -0.1) is 0 Å². The minimum atomic E-state index is -0.528. The van der Waals surface area contributed by atoms with Gasteiger partial charge in [-0.3, -0.25) is 4.68 Å². The molecule has 3 aromatic heterocycles. The summed E-state index contributed by atoms with van der Waals surface area (Å²) in [7, 11) is 3.81. The molecule has 1 saturated heterocycles. The van der Waals surface area contributed by atoms with Gasteiger partial charge < -0.3 is 14.6 Å². The molecule has 1 atom stereocenters. The second-order valence-corrected chi connectivity index (χ2v) is 6.81. The van der Waals surface area contributed by atoms with Crippen LogP contribution in [0.1, 0.15) is 24.8 Å². The second kappa shape index (κ2) is 6.87. The van der Waals surface area contributed by atoms with Gasteiger partial charge in [0.1, 0.15) is 11.9 Å². The molecule has 0 spiro atoms. The Morgan fingerprint density at radius 2 is 1.96 bits per heavy atom. The number of piperidine rings is 1. The standard InChI is InChI=1S/C18H23N7O/c1-23-10-7-19-17(23)16(26)13-4-8-25(9-5-13)18-20-6-3-15(22-18)14-11-21-24(2)12-14/h3,6-7,10-13,16,26H,4-5,8-9H2,1-2H3/t16-/m1/s1. The van der Waals surface area contributed by atoms with E-state index in [9.17, 15) is 5.11 Å². The molecule has 0 aliphatic carbocycles. The predicted octanol–water partition coefficient (Wildman–Crippen LogP) is 1.56. The van der Waals surface area contributed by atoms with Crippen LogP contribution in [0.4, 0.5) is 5.95 Å². The van der Waals surface area contributed by atoms with Gasteiger partial charge in [0.15, 0.2) is 0 Å². The van der Waals surface area contributed by atoms with Crippen LogP contribution in [0.25, 0.3) is 11.3 Å². The van der Waals surface area contributed by atoms with E-state index in [4.69, 9.17) is 4.98 Å². The van der Waals surface area contributed by atoms with Crippen molar-refractivity contribution in [3.63, 3.8) is 0 Å². The molecule has 0 unspecified atom stereocenters. The number of aromatic nitrogens is 6. The number of hydrogen-bond donors (Lipinski definition) is 1. The number of aliphatic hydroxyl groups is 1. The van der Waals surface area contributed by atoms with E-state index in [2.05, 4.69) is 20.0 Å². The minimum absolute atomic E-state index is 0.203. The van der Waals surface area contributed by atoms with Gasteiger partial charge in [-0.25, -0.2) is 15.0 Å². The minimum Gasteiger partial charge on any atom is -0.385 e. The molecule has 4 heterocycles. The lowest BCUT2D eigenvalue weighted by molar-refractivity contribution is 0.0823. The van der Waals surface area contributed by atoms with Crippen molar-refractivity contribution >= 4 is 5.95 Å². The van der Waals surface area contributed by atoms with Crippen LogP contribution in [0.3, 0.4) is 0 Å².